The maximum atomic E-state index is 11.4. The molecule has 0 amide bonds. The number of fused-ring (bicyclic) bond motifs is 1. The van der Waals surface area contributed by atoms with E-state index < -0.39 is 10.1 Å². The van der Waals surface area contributed by atoms with E-state index in [0.29, 0.717) is 11.0 Å². The fraction of sp³-hybridized carbons (Fsp3) is 0.111. The minimum Gasteiger partial charge on any atom is -0.464 e. The third-order valence-electron chi connectivity index (χ3n) is 1.94. The summed E-state index contributed by atoms with van der Waals surface area (Å²) in [6, 6.07) is 6.39. The highest BCUT2D eigenvalue weighted by atomic mass is 32.2. The Hall–Kier alpha value is -1.33. The lowest BCUT2D eigenvalue weighted by Gasteiger charge is -2.01. The molecule has 0 saturated carbocycles. The molecule has 74 valence electrons. The van der Waals surface area contributed by atoms with Crippen LogP contribution in [0.1, 0.15) is 0 Å². The van der Waals surface area contributed by atoms with Gasteiger partial charge in [-0.3, -0.25) is 4.18 Å². The molecule has 5 heteroatoms. The van der Waals surface area contributed by atoms with E-state index in [9.17, 15) is 8.42 Å². The van der Waals surface area contributed by atoms with E-state index >= 15 is 0 Å². The largest absolute Gasteiger partial charge is 0.464 e. The summed E-state index contributed by atoms with van der Waals surface area (Å²) in [7, 11) is -2.52. The number of furan rings is 1. The van der Waals surface area contributed by atoms with Crippen LogP contribution in [0.25, 0.3) is 11.0 Å². The zero-order chi connectivity index (χ0) is 10.2. The summed E-state index contributed by atoms with van der Waals surface area (Å²) in [6.07, 6.45) is 1.44. The predicted octanol–water partition coefficient (Wildman–Crippen LogP) is 1.77. The van der Waals surface area contributed by atoms with Crippen molar-refractivity contribution in [3.8, 4) is 0 Å². The van der Waals surface area contributed by atoms with Gasteiger partial charge in [0, 0.05) is 5.39 Å². The van der Waals surface area contributed by atoms with E-state index in [1.54, 1.807) is 18.2 Å². The Morgan fingerprint density at radius 2 is 2.07 bits per heavy atom. The maximum absolute atomic E-state index is 11.4. The lowest BCUT2D eigenvalue weighted by atomic mass is 10.3. The van der Waals surface area contributed by atoms with Crippen molar-refractivity contribution in [3.63, 3.8) is 0 Å². The third kappa shape index (κ3) is 1.30. The smallest absolute Gasteiger partial charge is 0.297 e. The highest BCUT2D eigenvalue weighted by molar-refractivity contribution is 7.87. The normalized spacial score (nSPS) is 12.1. The standard InChI is InChI=1S/C9H8O4S/c1-12-14(10,11)9-4-2-3-8-7(9)5-6-13-8/h2-6H,1H3. The zero-order valence-corrected chi connectivity index (χ0v) is 8.24. The van der Waals surface area contributed by atoms with Gasteiger partial charge in [-0.05, 0) is 18.2 Å². The van der Waals surface area contributed by atoms with Gasteiger partial charge in [0.1, 0.15) is 10.5 Å². The summed E-state index contributed by atoms with van der Waals surface area (Å²) in [5.74, 6) is 0. The molecule has 2 aromatic rings. The van der Waals surface area contributed by atoms with E-state index in [4.69, 9.17) is 4.42 Å². The molecule has 0 aliphatic heterocycles. The summed E-state index contributed by atoms with van der Waals surface area (Å²) in [5.41, 5.74) is 0.531. The van der Waals surface area contributed by atoms with E-state index in [-0.39, 0.29) is 4.90 Å². The average molecular weight is 212 g/mol. The molecule has 1 aromatic heterocycles. The van der Waals surface area contributed by atoms with E-state index in [1.165, 1.54) is 12.3 Å². The van der Waals surface area contributed by atoms with Crippen LogP contribution in [0, 0.1) is 0 Å². The molecule has 0 aliphatic carbocycles. The number of rotatable bonds is 2. The Bertz CT molecular complexity index is 553. The highest BCUT2D eigenvalue weighted by Gasteiger charge is 2.17. The second-order valence-corrected chi connectivity index (χ2v) is 4.39. The molecule has 4 nitrogen and oxygen atoms in total. The minimum atomic E-state index is -3.65. The minimum absolute atomic E-state index is 0.131. The van der Waals surface area contributed by atoms with Crippen LogP contribution in [-0.4, -0.2) is 15.5 Å². The first-order valence-corrected chi connectivity index (χ1v) is 5.33. The van der Waals surface area contributed by atoms with Crippen LogP contribution in [0.5, 0.6) is 0 Å². The van der Waals surface area contributed by atoms with Crippen molar-refractivity contribution in [2.75, 3.05) is 7.11 Å². The Morgan fingerprint density at radius 3 is 2.79 bits per heavy atom. The molecule has 2 rings (SSSR count). The molecule has 1 aromatic carbocycles. The fourth-order valence-corrected chi connectivity index (χ4v) is 2.14. The van der Waals surface area contributed by atoms with Gasteiger partial charge in [-0.15, -0.1) is 0 Å². The molecule has 0 bridgehead atoms. The first kappa shape index (κ1) is 9.23. The number of hydrogen-bond acceptors (Lipinski definition) is 4. The van der Waals surface area contributed by atoms with Crippen LogP contribution >= 0.6 is 0 Å². The third-order valence-corrected chi connectivity index (χ3v) is 3.28. The van der Waals surface area contributed by atoms with Gasteiger partial charge in [0.15, 0.2) is 0 Å². The van der Waals surface area contributed by atoms with Gasteiger partial charge in [-0.2, -0.15) is 8.42 Å². The number of hydrogen-bond donors (Lipinski definition) is 0. The summed E-state index contributed by atoms with van der Waals surface area (Å²) in [5, 5.41) is 0.536. The molecule has 0 spiro atoms. The van der Waals surface area contributed by atoms with Gasteiger partial charge in [0.2, 0.25) is 0 Å². The van der Waals surface area contributed by atoms with Crippen LogP contribution in [0.3, 0.4) is 0 Å². The second-order valence-electron chi connectivity index (χ2n) is 2.71. The SMILES string of the molecule is COS(=O)(=O)c1cccc2occc12. The van der Waals surface area contributed by atoms with Gasteiger partial charge in [0.25, 0.3) is 10.1 Å². The molecule has 14 heavy (non-hydrogen) atoms. The second kappa shape index (κ2) is 3.11. The molecular weight excluding hydrogens is 204 g/mol. The van der Waals surface area contributed by atoms with Crippen molar-refractivity contribution in [2.45, 2.75) is 4.90 Å². The van der Waals surface area contributed by atoms with Crippen molar-refractivity contribution >= 4 is 21.1 Å². The van der Waals surface area contributed by atoms with Crippen molar-refractivity contribution < 1.29 is 17.0 Å². The highest BCUT2D eigenvalue weighted by Crippen LogP contribution is 2.24. The summed E-state index contributed by atoms with van der Waals surface area (Å²) in [6.45, 7) is 0. The summed E-state index contributed by atoms with van der Waals surface area (Å²) < 4.78 is 32.4. The first-order valence-electron chi connectivity index (χ1n) is 3.92. The molecular formula is C9H8O4S. The number of benzene rings is 1. The molecule has 0 unspecified atom stereocenters. The van der Waals surface area contributed by atoms with Gasteiger partial charge >= 0.3 is 0 Å². The van der Waals surface area contributed by atoms with Crippen LogP contribution in [0.4, 0.5) is 0 Å². The predicted molar refractivity (Wildman–Crippen MR) is 50.4 cm³/mol. The van der Waals surface area contributed by atoms with Crippen LogP contribution in [0.15, 0.2) is 39.8 Å². The van der Waals surface area contributed by atoms with Crippen molar-refractivity contribution in [2.24, 2.45) is 0 Å². The van der Waals surface area contributed by atoms with Crippen molar-refractivity contribution in [1.82, 2.24) is 0 Å². The molecule has 0 radical (unpaired) electrons. The lowest BCUT2D eigenvalue weighted by molar-refractivity contribution is 0.398. The van der Waals surface area contributed by atoms with E-state index in [2.05, 4.69) is 4.18 Å². The summed E-state index contributed by atoms with van der Waals surface area (Å²) >= 11 is 0. The van der Waals surface area contributed by atoms with Crippen molar-refractivity contribution in [1.29, 1.82) is 0 Å². The average Bonchev–Trinajstić information content (AvgIpc) is 2.64. The molecule has 0 atom stereocenters. The van der Waals surface area contributed by atoms with Gasteiger partial charge in [-0.25, -0.2) is 0 Å². The van der Waals surface area contributed by atoms with E-state index in [1.807, 2.05) is 0 Å². The Balaban J connectivity index is 2.81. The molecule has 0 fully saturated rings. The monoisotopic (exact) mass is 212 g/mol. The Morgan fingerprint density at radius 1 is 1.29 bits per heavy atom. The Kier molecular flexibility index (Phi) is 2.05. The molecule has 0 aliphatic rings. The van der Waals surface area contributed by atoms with Gasteiger partial charge in [-0.1, -0.05) is 6.07 Å². The zero-order valence-electron chi connectivity index (χ0n) is 7.43. The maximum Gasteiger partial charge on any atom is 0.297 e. The van der Waals surface area contributed by atoms with Crippen molar-refractivity contribution in [3.05, 3.63) is 30.5 Å². The van der Waals surface area contributed by atoms with Gasteiger partial charge in [0.05, 0.1) is 13.4 Å². The Labute approximate surface area is 81.2 Å². The molecule has 1 heterocycles. The molecule has 0 N–H and O–H groups in total. The van der Waals surface area contributed by atoms with E-state index in [0.717, 1.165) is 7.11 Å². The van der Waals surface area contributed by atoms with Crippen LogP contribution < -0.4 is 0 Å². The van der Waals surface area contributed by atoms with Crippen LogP contribution in [0.2, 0.25) is 0 Å². The van der Waals surface area contributed by atoms with Crippen LogP contribution in [-0.2, 0) is 14.3 Å². The quantitative estimate of drug-likeness (QED) is 0.712. The topological polar surface area (TPSA) is 56.5 Å². The molecule has 0 saturated heterocycles. The fourth-order valence-electron chi connectivity index (χ4n) is 1.27. The van der Waals surface area contributed by atoms with Gasteiger partial charge < -0.3 is 4.42 Å². The lowest BCUT2D eigenvalue weighted by Crippen LogP contribution is -2.02. The summed E-state index contributed by atoms with van der Waals surface area (Å²) in [4.78, 5) is 0.131. The first-order chi connectivity index (χ1) is 6.65.